The number of nitrogens with zero attached hydrogens (tertiary/aromatic N) is 2. The third-order valence-electron chi connectivity index (χ3n) is 6.27. The molecule has 2 aliphatic rings. The first-order valence-electron chi connectivity index (χ1n) is 10.9. The van der Waals surface area contributed by atoms with Gasteiger partial charge in [0.05, 0.1) is 18.7 Å². The predicted octanol–water partition coefficient (Wildman–Crippen LogP) is 3.08. The van der Waals surface area contributed by atoms with Gasteiger partial charge in [-0.2, -0.15) is 5.26 Å². The van der Waals surface area contributed by atoms with Crippen LogP contribution in [0.2, 0.25) is 0 Å². The number of carbonyl (C=O) groups is 2. The Morgan fingerprint density at radius 3 is 2.74 bits per heavy atom. The molecule has 0 fully saturated rings. The van der Waals surface area contributed by atoms with Gasteiger partial charge in [-0.1, -0.05) is 42.3 Å². The summed E-state index contributed by atoms with van der Waals surface area (Å²) in [6.45, 7) is 1.62. The summed E-state index contributed by atoms with van der Waals surface area (Å²) in [5, 5.41) is 11.3. The number of esters is 1. The second kappa shape index (κ2) is 8.12. The number of amides is 1. The van der Waals surface area contributed by atoms with E-state index in [0.29, 0.717) is 16.8 Å². The zero-order chi connectivity index (χ0) is 24.7. The normalized spacial score (nSPS) is 18.9. The number of carbonyl (C=O) groups excluding carboxylic acids is 2. The molecular weight excluding hydrogens is 444 g/mol. The molecule has 0 saturated carbocycles. The van der Waals surface area contributed by atoms with E-state index in [1.165, 1.54) is 4.90 Å². The van der Waals surface area contributed by atoms with E-state index in [0.717, 1.165) is 10.9 Å². The van der Waals surface area contributed by atoms with Gasteiger partial charge in [-0.15, -0.1) is 6.42 Å². The number of aromatic nitrogens is 1. The molecule has 1 atom stereocenters. The fourth-order valence-corrected chi connectivity index (χ4v) is 4.92. The average molecular weight is 464 g/mol. The van der Waals surface area contributed by atoms with Crippen molar-refractivity contribution in [2.24, 2.45) is 5.73 Å². The Morgan fingerprint density at radius 1 is 1.26 bits per heavy atom. The number of ether oxygens (including phenoxy) is 2. The summed E-state index contributed by atoms with van der Waals surface area (Å²) >= 11 is 0. The predicted molar refractivity (Wildman–Crippen MR) is 129 cm³/mol. The van der Waals surface area contributed by atoms with Crippen molar-refractivity contribution in [1.29, 1.82) is 5.26 Å². The molecule has 8 heteroatoms. The third-order valence-corrected chi connectivity index (χ3v) is 6.27. The minimum absolute atomic E-state index is 0.0382. The lowest BCUT2D eigenvalue weighted by Gasteiger charge is -2.35. The minimum Gasteiger partial charge on any atom is -0.462 e. The summed E-state index contributed by atoms with van der Waals surface area (Å²) in [6, 6.07) is 16.5. The summed E-state index contributed by atoms with van der Waals surface area (Å²) in [6.07, 6.45) is 7.25. The van der Waals surface area contributed by atoms with Gasteiger partial charge in [0.25, 0.3) is 0 Å². The third kappa shape index (κ3) is 2.87. The Balaban J connectivity index is 1.90. The standard InChI is InChI=1S/C27H20N4O4/c1-3-13-31-21-12-8-6-10-18(21)27(26(31)33)19(14-28)23(35-24(29)22(27)25(32)34-4-2)17-15-30-20-11-7-5-9-16(17)20/h1,5-12,15,30H,4,13,29H2,2H3/t27-/m1/s1. The van der Waals surface area contributed by atoms with Gasteiger partial charge in [0.1, 0.15) is 11.6 Å². The average Bonchev–Trinajstić information content (AvgIpc) is 3.39. The zero-order valence-corrected chi connectivity index (χ0v) is 18.8. The van der Waals surface area contributed by atoms with Crippen LogP contribution < -0.4 is 10.6 Å². The molecule has 0 radical (unpaired) electrons. The van der Waals surface area contributed by atoms with Crippen molar-refractivity contribution >= 4 is 34.2 Å². The zero-order valence-electron chi connectivity index (χ0n) is 18.8. The number of para-hydroxylation sites is 2. The lowest BCUT2D eigenvalue weighted by atomic mass is 9.67. The lowest BCUT2D eigenvalue weighted by molar-refractivity contribution is -0.140. The van der Waals surface area contributed by atoms with Gasteiger partial charge in [-0.05, 0) is 19.1 Å². The van der Waals surface area contributed by atoms with Crippen molar-refractivity contribution in [3.05, 3.63) is 82.9 Å². The molecule has 2 aromatic carbocycles. The van der Waals surface area contributed by atoms with Crippen molar-refractivity contribution in [3.63, 3.8) is 0 Å². The molecule has 5 rings (SSSR count). The van der Waals surface area contributed by atoms with E-state index in [1.54, 1.807) is 37.4 Å². The molecule has 3 N–H and O–H groups in total. The number of terminal acetylenes is 1. The highest BCUT2D eigenvalue weighted by Crippen LogP contribution is 2.55. The molecule has 172 valence electrons. The van der Waals surface area contributed by atoms with E-state index in [-0.39, 0.29) is 35.9 Å². The van der Waals surface area contributed by atoms with Crippen molar-refractivity contribution in [3.8, 4) is 18.4 Å². The quantitative estimate of drug-likeness (QED) is 0.452. The molecule has 1 amide bonds. The van der Waals surface area contributed by atoms with Gasteiger partial charge in [0.2, 0.25) is 11.8 Å². The van der Waals surface area contributed by atoms with Gasteiger partial charge in [-0.25, -0.2) is 4.79 Å². The summed E-state index contributed by atoms with van der Waals surface area (Å²) in [4.78, 5) is 32.0. The van der Waals surface area contributed by atoms with Crippen molar-refractivity contribution in [2.75, 3.05) is 18.1 Å². The van der Waals surface area contributed by atoms with Crippen LogP contribution in [0.25, 0.3) is 16.7 Å². The van der Waals surface area contributed by atoms with Gasteiger partial charge < -0.3 is 20.2 Å². The highest BCUT2D eigenvalue weighted by molar-refractivity contribution is 6.20. The smallest absolute Gasteiger partial charge is 0.341 e. The summed E-state index contributed by atoms with van der Waals surface area (Å²) < 4.78 is 11.2. The highest BCUT2D eigenvalue weighted by Gasteiger charge is 2.62. The second-order valence-electron chi connectivity index (χ2n) is 7.99. The van der Waals surface area contributed by atoms with E-state index in [4.69, 9.17) is 21.6 Å². The number of anilines is 1. The maximum atomic E-state index is 14.2. The van der Waals surface area contributed by atoms with Crippen molar-refractivity contribution < 1.29 is 19.1 Å². The molecule has 0 saturated heterocycles. The number of nitrogens with one attached hydrogen (secondary N) is 1. The van der Waals surface area contributed by atoms with Gasteiger partial charge in [0, 0.05) is 33.9 Å². The lowest BCUT2D eigenvalue weighted by Crippen LogP contribution is -2.48. The molecule has 3 heterocycles. The van der Waals surface area contributed by atoms with Crippen LogP contribution in [0.3, 0.4) is 0 Å². The van der Waals surface area contributed by atoms with Crippen LogP contribution in [0.1, 0.15) is 18.1 Å². The number of nitrogens with two attached hydrogens (primary N) is 1. The SMILES string of the molecule is C#CCN1C(=O)[C@@]2(C(C#N)=C(c3c[nH]c4ccccc34)OC(N)=C2C(=O)OCC)c2ccccc21. The maximum Gasteiger partial charge on any atom is 0.341 e. The monoisotopic (exact) mass is 464 g/mol. The molecule has 3 aromatic rings. The van der Waals surface area contributed by atoms with E-state index in [1.807, 2.05) is 24.3 Å². The van der Waals surface area contributed by atoms with Crippen molar-refractivity contribution in [1.82, 2.24) is 4.98 Å². The van der Waals surface area contributed by atoms with Crippen molar-refractivity contribution in [2.45, 2.75) is 12.3 Å². The first kappa shape index (κ1) is 21.9. The number of hydrogen-bond donors (Lipinski definition) is 2. The number of fused-ring (bicyclic) bond motifs is 3. The number of hydrogen-bond acceptors (Lipinski definition) is 6. The topological polar surface area (TPSA) is 121 Å². The number of benzene rings is 2. The number of aromatic amines is 1. The van der Waals surface area contributed by atoms with Crippen LogP contribution in [-0.2, 0) is 24.5 Å². The largest absolute Gasteiger partial charge is 0.462 e. The van der Waals surface area contributed by atoms with Crippen LogP contribution in [0.4, 0.5) is 5.69 Å². The Morgan fingerprint density at radius 2 is 2.00 bits per heavy atom. The Kier molecular flexibility index (Phi) is 5.08. The number of rotatable bonds is 4. The van der Waals surface area contributed by atoms with Crippen LogP contribution >= 0.6 is 0 Å². The second-order valence-corrected chi connectivity index (χ2v) is 7.99. The summed E-state index contributed by atoms with van der Waals surface area (Å²) in [7, 11) is 0. The Hall–Kier alpha value is -4.95. The maximum absolute atomic E-state index is 14.2. The van der Waals surface area contributed by atoms with Gasteiger partial charge in [-0.3, -0.25) is 9.69 Å². The van der Waals surface area contributed by atoms with Crippen LogP contribution in [0.5, 0.6) is 0 Å². The Bertz CT molecular complexity index is 1550. The minimum atomic E-state index is -1.88. The van der Waals surface area contributed by atoms with E-state index in [2.05, 4.69) is 17.0 Å². The summed E-state index contributed by atoms with van der Waals surface area (Å²) in [5.74, 6) is 0.843. The van der Waals surface area contributed by atoms with Gasteiger partial charge in [0.15, 0.2) is 11.2 Å². The highest BCUT2D eigenvalue weighted by atomic mass is 16.5. The molecule has 1 aromatic heterocycles. The number of nitriles is 1. The molecule has 0 bridgehead atoms. The van der Waals surface area contributed by atoms with E-state index in [9.17, 15) is 14.9 Å². The number of H-pyrrole nitrogens is 1. The van der Waals surface area contributed by atoms with Gasteiger partial charge >= 0.3 is 5.97 Å². The molecule has 8 nitrogen and oxygen atoms in total. The van der Waals surface area contributed by atoms with Crippen LogP contribution in [0, 0.1) is 23.7 Å². The van der Waals surface area contributed by atoms with Crippen LogP contribution in [-0.4, -0.2) is 30.0 Å². The van der Waals surface area contributed by atoms with E-state index < -0.39 is 17.3 Å². The fourth-order valence-electron chi connectivity index (χ4n) is 4.92. The fraction of sp³-hybridized carbons (Fsp3) is 0.148. The van der Waals surface area contributed by atoms with E-state index >= 15 is 0 Å². The Labute approximate surface area is 201 Å². The summed E-state index contributed by atoms with van der Waals surface area (Å²) in [5.41, 5.74) is 6.38. The molecule has 1 spiro atoms. The molecule has 35 heavy (non-hydrogen) atoms. The molecular formula is C27H20N4O4. The van der Waals surface area contributed by atoms with Crippen LogP contribution in [0.15, 0.2) is 71.8 Å². The molecule has 2 aliphatic heterocycles. The first-order valence-corrected chi connectivity index (χ1v) is 10.9. The first-order chi connectivity index (χ1) is 17.0. The molecule has 0 aliphatic carbocycles. The molecule has 0 unspecified atom stereocenters.